The molecule has 0 atom stereocenters. The fourth-order valence-electron chi connectivity index (χ4n) is 1.96. The van der Waals surface area contributed by atoms with Gasteiger partial charge in [-0.1, -0.05) is 12.1 Å². The fraction of sp³-hybridized carbons (Fsp3) is 0.0769. The number of hydrazine groups is 1. The monoisotopic (exact) mass is 332 g/mol. The van der Waals surface area contributed by atoms with E-state index in [0.717, 1.165) is 21.4 Å². The van der Waals surface area contributed by atoms with Crippen LogP contribution in [-0.4, -0.2) is 14.4 Å². The van der Waals surface area contributed by atoms with Gasteiger partial charge in [0.1, 0.15) is 0 Å². The molecule has 20 heavy (non-hydrogen) atoms. The van der Waals surface area contributed by atoms with Crippen molar-refractivity contribution in [1.82, 2.24) is 14.4 Å². The Balaban J connectivity index is 2.10. The molecule has 0 radical (unpaired) electrons. The molecule has 4 N–H and O–H groups in total. The first-order valence-corrected chi connectivity index (χ1v) is 6.81. The smallest absolute Gasteiger partial charge is 0.180 e. The quantitative estimate of drug-likeness (QED) is 0.507. The molecule has 0 saturated heterocycles. The predicted molar refractivity (Wildman–Crippen MR) is 83.0 cm³/mol. The lowest BCUT2D eigenvalue weighted by molar-refractivity contribution is 1.11. The molecule has 0 bridgehead atoms. The largest absolute Gasteiger partial charge is 0.336 e. The third kappa shape index (κ3) is 2.21. The second-order valence-corrected chi connectivity index (χ2v) is 5.13. The molecule has 2 heterocycles. The first-order valence-electron chi connectivity index (χ1n) is 6.01. The Morgan fingerprint density at radius 2 is 2.20 bits per heavy atom. The van der Waals surface area contributed by atoms with Crippen LogP contribution in [0.2, 0.25) is 0 Å². The SMILES string of the molecule is Cc1cccc(Nc2nc(NN)cn3ccnc23)c1Br. The number of aromatic nitrogens is 3. The lowest BCUT2D eigenvalue weighted by Crippen LogP contribution is -2.11. The second kappa shape index (κ2) is 5.10. The molecule has 0 aliphatic heterocycles. The van der Waals surface area contributed by atoms with Crippen molar-refractivity contribution in [2.45, 2.75) is 6.92 Å². The van der Waals surface area contributed by atoms with Crippen LogP contribution in [0, 0.1) is 6.92 Å². The number of hydrogen-bond acceptors (Lipinski definition) is 5. The number of nitrogens with one attached hydrogen (secondary N) is 2. The van der Waals surface area contributed by atoms with Crippen LogP contribution < -0.4 is 16.6 Å². The highest BCUT2D eigenvalue weighted by Crippen LogP contribution is 2.29. The molecule has 0 saturated carbocycles. The van der Waals surface area contributed by atoms with E-state index in [4.69, 9.17) is 5.84 Å². The van der Waals surface area contributed by atoms with Crippen molar-refractivity contribution in [3.8, 4) is 0 Å². The highest BCUT2D eigenvalue weighted by atomic mass is 79.9. The van der Waals surface area contributed by atoms with Crippen LogP contribution in [0.1, 0.15) is 5.56 Å². The fourth-order valence-corrected chi connectivity index (χ4v) is 2.32. The summed E-state index contributed by atoms with van der Waals surface area (Å²) in [4.78, 5) is 8.70. The molecular weight excluding hydrogens is 320 g/mol. The molecule has 0 amide bonds. The van der Waals surface area contributed by atoms with E-state index in [1.165, 1.54) is 0 Å². The summed E-state index contributed by atoms with van der Waals surface area (Å²) in [6.45, 7) is 2.03. The molecule has 6 nitrogen and oxygen atoms in total. The van der Waals surface area contributed by atoms with Crippen molar-refractivity contribution >= 4 is 38.9 Å². The molecule has 0 fully saturated rings. The molecule has 102 valence electrons. The predicted octanol–water partition coefficient (Wildman–Crippen LogP) is 2.83. The minimum absolute atomic E-state index is 0.557. The number of aryl methyl sites for hydroxylation is 1. The lowest BCUT2D eigenvalue weighted by atomic mass is 10.2. The Morgan fingerprint density at radius 1 is 1.35 bits per heavy atom. The van der Waals surface area contributed by atoms with Crippen LogP contribution in [0.15, 0.2) is 41.3 Å². The Labute approximate surface area is 124 Å². The second-order valence-electron chi connectivity index (χ2n) is 4.34. The summed E-state index contributed by atoms with van der Waals surface area (Å²) < 4.78 is 2.85. The third-order valence-corrected chi connectivity index (χ3v) is 4.02. The number of benzene rings is 1. The topological polar surface area (TPSA) is 80.3 Å². The van der Waals surface area contributed by atoms with Crippen LogP contribution >= 0.6 is 15.9 Å². The standard InChI is InChI=1S/C13H13BrN6/c1-8-3-2-4-9(11(8)14)17-12-13-16-5-6-20(13)7-10(18-12)19-15/h2-7,19H,15H2,1H3,(H,17,18). The van der Waals surface area contributed by atoms with Crippen LogP contribution in [-0.2, 0) is 0 Å². The summed E-state index contributed by atoms with van der Waals surface area (Å²) in [5.41, 5.74) is 5.35. The van der Waals surface area contributed by atoms with Gasteiger partial charge in [0, 0.05) is 16.9 Å². The third-order valence-electron chi connectivity index (χ3n) is 2.97. The van der Waals surface area contributed by atoms with Gasteiger partial charge >= 0.3 is 0 Å². The molecule has 0 unspecified atom stereocenters. The Hall–Kier alpha value is -2.12. The number of halogens is 1. The minimum atomic E-state index is 0.557. The van der Waals surface area contributed by atoms with Crippen molar-refractivity contribution in [2.24, 2.45) is 5.84 Å². The van der Waals surface area contributed by atoms with Crippen molar-refractivity contribution in [3.05, 3.63) is 46.8 Å². The molecule has 0 spiro atoms. The Kier molecular flexibility index (Phi) is 3.29. The van der Waals surface area contributed by atoms with Crippen LogP contribution in [0.25, 0.3) is 5.65 Å². The molecular formula is C13H13BrN6. The minimum Gasteiger partial charge on any atom is -0.336 e. The molecule has 3 aromatic rings. The van der Waals surface area contributed by atoms with Crippen molar-refractivity contribution in [2.75, 3.05) is 10.7 Å². The van der Waals surface area contributed by atoms with E-state index in [1.807, 2.05) is 35.7 Å². The first kappa shape index (κ1) is 12.9. The number of nitrogens with two attached hydrogens (primary N) is 1. The van der Waals surface area contributed by atoms with Gasteiger partial charge in [-0.15, -0.1) is 0 Å². The highest BCUT2D eigenvalue weighted by Gasteiger charge is 2.09. The normalized spacial score (nSPS) is 10.8. The maximum absolute atomic E-state index is 5.44. The van der Waals surface area contributed by atoms with Gasteiger partial charge in [0.2, 0.25) is 0 Å². The lowest BCUT2D eigenvalue weighted by Gasteiger charge is -2.11. The van der Waals surface area contributed by atoms with Crippen molar-refractivity contribution in [1.29, 1.82) is 0 Å². The molecule has 0 aliphatic carbocycles. The van der Waals surface area contributed by atoms with Crippen molar-refractivity contribution < 1.29 is 0 Å². The maximum atomic E-state index is 5.44. The van der Waals surface area contributed by atoms with E-state index < -0.39 is 0 Å². The van der Waals surface area contributed by atoms with Gasteiger partial charge in [0.15, 0.2) is 17.3 Å². The Bertz CT molecular complexity index is 767. The number of hydrogen-bond donors (Lipinski definition) is 3. The molecule has 0 aliphatic rings. The first-order chi connectivity index (χ1) is 9.69. The molecule has 2 aromatic heterocycles. The van der Waals surface area contributed by atoms with E-state index in [0.29, 0.717) is 11.6 Å². The van der Waals surface area contributed by atoms with E-state index in [2.05, 4.69) is 36.6 Å². The van der Waals surface area contributed by atoms with Crippen LogP contribution in [0.3, 0.4) is 0 Å². The molecule has 3 rings (SSSR count). The zero-order chi connectivity index (χ0) is 14.1. The van der Waals surface area contributed by atoms with Crippen LogP contribution in [0.5, 0.6) is 0 Å². The summed E-state index contributed by atoms with van der Waals surface area (Å²) in [6, 6.07) is 5.99. The average Bonchev–Trinajstić information content (AvgIpc) is 2.92. The van der Waals surface area contributed by atoms with E-state index in [-0.39, 0.29) is 0 Å². The number of anilines is 3. The highest BCUT2D eigenvalue weighted by molar-refractivity contribution is 9.10. The van der Waals surface area contributed by atoms with Gasteiger partial charge in [-0.3, -0.25) is 0 Å². The van der Waals surface area contributed by atoms with Gasteiger partial charge in [-0.25, -0.2) is 15.8 Å². The van der Waals surface area contributed by atoms with Gasteiger partial charge < -0.3 is 15.1 Å². The van der Waals surface area contributed by atoms with Gasteiger partial charge in [-0.2, -0.15) is 0 Å². The summed E-state index contributed by atoms with van der Waals surface area (Å²) in [5.74, 6) is 6.64. The van der Waals surface area contributed by atoms with Crippen molar-refractivity contribution in [3.63, 3.8) is 0 Å². The van der Waals surface area contributed by atoms with E-state index >= 15 is 0 Å². The number of imidazole rings is 1. The van der Waals surface area contributed by atoms with E-state index in [1.54, 1.807) is 12.4 Å². The van der Waals surface area contributed by atoms with Gasteiger partial charge in [0.05, 0.1) is 11.9 Å². The summed E-state index contributed by atoms with van der Waals surface area (Å²) in [5, 5.41) is 3.28. The summed E-state index contributed by atoms with van der Waals surface area (Å²) in [7, 11) is 0. The maximum Gasteiger partial charge on any atom is 0.180 e. The number of rotatable bonds is 3. The van der Waals surface area contributed by atoms with E-state index in [9.17, 15) is 0 Å². The van der Waals surface area contributed by atoms with Gasteiger partial charge in [0.25, 0.3) is 0 Å². The Morgan fingerprint density at radius 3 is 3.00 bits per heavy atom. The summed E-state index contributed by atoms with van der Waals surface area (Å²) >= 11 is 3.57. The average molecular weight is 333 g/mol. The number of fused-ring (bicyclic) bond motifs is 1. The molecule has 1 aromatic carbocycles. The molecule has 7 heteroatoms. The number of nitrogens with zero attached hydrogens (tertiary/aromatic N) is 3. The van der Waals surface area contributed by atoms with Gasteiger partial charge in [-0.05, 0) is 34.5 Å². The zero-order valence-corrected chi connectivity index (χ0v) is 12.3. The summed E-state index contributed by atoms with van der Waals surface area (Å²) in [6.07, 6.45) is 5.33. The van der Waals surface area contributed by atoms with Crippen LogP contribution in [0.4, 0.5) is 17.3 Å². The zero-order valence-electron chi connectivity index (χ0n) is 10.8. The number of nitrogen functional groups attached to an aromatic ring is 1.